The molecule has 0 aliphatic heterocycles. The highest BCUT2D eigenvalue weighted by Gasteiger charge is 2.09. The van der Waals surface area contributed by atoms with Gasteiger partial charge in [0.25, 0.3) is 0 Å². The second-order valence-corrected chi connectivity index (χ2v) is 3.89. The van der Waals surface area contributed by atoms with Gasteiger partial charge in [-0.15, -0.1) is 0 Å². The summed E-state index contributed by atoms with van der Waals surface area (Å²) in [6.07, 6.45) is 3.24. The van der Waals surface area contributed by atoms with E-state index in [1.165, 1.54) is 6.33 Å². The van der Waals surface area contributed by atoms with Crippen LogP contribution in [0.5, 0.6) is 0 Å². The van der Waals surface area contributed by atoms with Gasteiger partial charge in [-0.05, 0) is 13.0 Å². The summed E-state index contributed by atoms with van der Waals surface area (Å²) in [5.74, 6) is 0. The molecule has 1 aromatic rings. The number of aromatic nitrogens is 2. The summed E-state index contributed by atoms with van der Waals surface area (Å²) in [5.41, 5.74) is 7.62. The van der Waals surface area contributed by atoms with E-state index in [0.717, 1.165) is 17.8 Å². The van der Waals surface area contributed by atoms with Crippen LogP contribution in [-0.4, -0.2) is 36.3 Å². The molecule has 94 valence electrons. The van der Waals surface area contributed by atoms with Gasteiger partial charge in [-0.25, -0.2) is 9.97 Å². The molecule has 0 amide bonds. The second kappa shape index (κ2) is 7.89. The predicted octanol–water partition coefficient (Wildman–Crippen LogP) is 0.659. The van der Waals surface area contributed by atoms with Crippen molar-refractivity contribution in [1.29, 1.82) is 0 Å². The SMILES string of the molecule is C=C(C)COCCNC(CN)c1ccncn1. The van der Waals surface area contributed by atoms with E-state index in [9.17, 15) is 0 Å². The smallest absolute Gasteiger partial charge is 0.115 e. The first kappa shape index (κ1) is 13.8. The van der Waals surface area contributed by atoms with Gasteiger partial charge >= 0.3 is 0 Å². The molecule has 5 heteroatoms. The summed E-state index contributed by atoms with van der Waals surface area (Å²) >= 11 is 0. The highest BCUT2D eigenvalue weighted by molar-refractivity contribution is 5.05. The maximum absolute atomic E-state index is 5.69. The first-order chi connectivity index (χ1) is 8.24. The Kier molecular flexibility index (Phi) is 6.39. The van der Waals surface area contributed by atoms with Gasteiger partial charge in [0, 0.05) is 19.3 Å². The number of rotatable bonds is 8. The maximum atomic E-state index is 5.69. The molecule has 3 N–H and O–H groups in total. The quantitative estimate of drug-likeness (QED) is 0.512. The molecule has 0 aliphatic carbocycles. The lowest BCUT2D eigenvalue weighted by Gasteiger charge is -2.15. The Morgan fingerprint density at radius 3 is 3.06 bits per heavy atom. The van der Waals surface area contributed by atoms with Crippen molar-refractivity contribution in [1.82, 2.24) is 15.3 Å². The molecular formula is C12H20N4O. The summed E-state index contributed by atoms with van der Waals surface area (Å²) in [6, 6.07) is 1.91. The van der Waals surface area contributed by atoms with Gasteiger partial charge < -0.3 is 15.8 Å². The van der Waals surface area contributed by atoms with Crippen LogP contribution in [0.3, 0.4) is 0 Å². The van der Waals surface area contributed by atoms with E-state index in [1.54, 1.807) is 6.20 Å². The molecule has 17 heavy (non-hydrogen) atoms. The zero-order valence-corrected chi connectivity index (χ0v) is 10.2. The van der Waals surface area contributed by atoms with Crippen LogP contribution in [0, 0.1) is 0 Å². The van der Waals surface area contributed by atoms with E-state index >= 15 is 0 Å². The summed E-state index contributed by atoms with van der Waals surface area (Å²) in [5, 5.41) is 3.29. The Morgan fingerprint density at radius 2 is 2.47 bits per heavy atom. The zero-order chi connectivity index (χ0) is 12.5. The van der Waals surface area contributed by atoms with Crippen LogP contribution in [0.2, 0.25) is 0 Å². The molecule has 0 radical (unpaired) electrons. The van der Waals surface area contributed by atoms with Gasteiger partial charge in [-0.1, -0.05) is 12.2 Å². The molecule has 0 aromatic carbocycles. The number of nitrogens with two attached hydrogens (primary N) is 1. The summed E-state index contributed by atoms with van der Waals surface area (Å²) in [6.45, 7) is 8.18. The third-order valence-electron chi connectivity index (χ3n) is 2.18. The minimum absolute atomic E-state index is 0.0476. The fourth-order valence-corrected chi connectivity index (χ4v) is 1.37. The lowest BCUT2D eigenvalue weighted by molar-refractivity contribution is 0.155. The van der Waals surface area contributed by atoms with Crippen molar-refractivity contribution in [3.05, 3.63) is 36.4 Å². The van der Waals surface area contributed by atoms with Gasteiger partial charge in [-0.3, -0.25) is 0 Å². The monoisotopic (exact) mass is 236 g/mol. The van der Waals surface area contributed by atoms with Crippen LogP contribution in [0.15, 0.2) is 30.7 Å². The molecule has 0 spiro atoms. The minimum atomic E-state index is 0.0476. The van der Waals surface area contributed by atoms with Crippen molar-refractivity contribution in [2.24, 2.45) is 5.73 Å². The van der Waals surface area contributed by atoms with E-state index in [1.807, 2.05) is 13.0 Å². The molecule has 1 unspecified atom stereocenters. The van der Waals surface area contributed by atoms with Gasteiger partial charge in [-0.2, -0.15) is 0 Å². The molecule has 0 aliphatic rings. The van der Waals surface area contributed by atoms with Crippen LogP contribution in [0.4, 0.5) is 0 Å². The van der Waals surface area contributed by atoms with E-state index in [0.29, 0.717) is 19.8 Å². The van der Waals surface area contributed by atoms with E-state index in [4.69, 9.17) is 10.5 Å². The third-order valence-corrected chi connectivity index (χ3v) is 2.18. The first-order valence-corrected chi connectivity index (χ1v) is 5.65. The molecule has 0 saturated carbocycles. The fourth-order valence-electron chi connectivity index (χ4n) is 1.37. The topological polar surface area (TPSA) is 73.1 Å². The van der Waals surface area contributed by atoms with Crippen LogP contribution in [-0.2, 0) is 4.74 Å². The Hall–Kier alpha value is -1.30. The molecule has 1 atom stereocenters. The zero-order valence-electron chi connectivity index (χ0n) is 10.2. The first-order valence-electron chi connectivity index (χ1n) is 5.65. The predicted molar refractivity (Wildman–Crippen MR) is 67.5 cm³/mol. The maximum Gasteiger partial charge on any atom is 0.115 e. The molecule has 0 saturated heterocycles. The Morgan fingerprint density at radius 1 is 1.65 bits per heavy atom. The number of nitrogens with one attached hydrogen (secondary N) is 1. The minimum Gasteiger partial charge on any atom is -0.376 e. The fraction of sp³-hybridized carbons (Fsp3) is 0.500. The van der Waals surface area contributed by atoms with Crippen molar-refractivity contribution in [2.45, 2.75) is 13.0 Å². The van der Waals surface area contributed by atoms with Gasteiger partial charge in [0.1, 0.15) is 6.33 Å². The number of hydrogen-bond donors (Lipinski definition) is 2. The number of ether oxygens (including phenoxy) is 1. The highest BCUT2D eigenvalue weighted by atomic mass is 16.5. The summed E-state index contributed by atoms with van der Waals surface area (Å²) < 4.78 is 5.39. The summed E-state index contributed by atoms with van der Waals surface area (Å²) in [7, 11) is 0. The lowest BCUT2D eigenvalue weighted by Crippen LogP contribution is -2.31. The van der Waals surface area contributed by atoms with Crippen LogP contribution in [0.1, 0.15) is 18.7 Å². The molecule has 1 heterocycles. The van der Waals surface area contributed by atoms with Gasteiger partial charge in [0.2, 0.25) is 0 Å². The lowest BCUT2D eigenvalue weighted by atomic mass is 10.2. The third kappa shape index (κ3) is 5.53. The number of hydrogen-bond acceptors (Lipinski definition) is 5. The van der Waals surface area contributed by atoms with Crippen LogP contribution in [0.25, 0.3) is 0 Å². The second-order valence-electron chi connectivity index (χ2n) is 3.89. The van der Waals surface area contributed by atoms with Crippen molar-refractivity contribution in [3.8, 4) is 0 Å². The normalized spacial score (nSPS) is 12.4. The Balaban J connectivity index is 2.26. The van der Waals surface area contributed by atoms with E-state index in [-0.39, 0.29) is 6.04 Å². The van der Waals surface area contributed by atoms with Crippen LogP contribution < -0.4 is 11.1 Å². The molecule has 0 bridgehead atoms. The Bertz CT molecular complexity index is 329. The molecule has 0 fully saturated rings. The van der Waals surface area contributed by atoms with Crippen LogP contribution >= 0.6 is 0 Å². The highest BCUT2D eigenvalue weighted by Crippen LogP contribution is 2.05. The van der Waals surface area contributed by atoms with Gasteiger partial charge in [0.15, 0.2) is 0 Å². The van der Waals surface area contributed by atoms with Gasteiger partial charge in [0.05, 0.1) is 24.9 Å². The largest absolute Gasteiger partial charge is 0.376 e. The molecular weight excluding hydrogens is 216 g/mol. The van der Waals surface area contributed by atoms with E-state index in [2.05, 4.69) is 21.9 Å². The van der Waals surface area contributed by atoms with Crippen molar-refractivity contribution in [2.75, 3.05) is 26.3 Å². The molecule has 1 rings (SSSR count). The van der Waals surface area contributed by atoms with Crippen molar-refractivity contribution < 1.29 is 4.74 Å². The standard InChI is InChI=1S/C12H20N4O/c1-10(2)8-17-6-5-15-12(7-13)11-3-4-14-9-16-11/h3-4,9,12,15H,1,5-8,13H2,2H3. The molecule has 1 aromatic heterocycles. The summed E-state index contributed by atoms with van der Waals surface area (Å²) in [4.78, 5) is 8.05. The molecule has 5 nitrogen and oxygen atoms in total. The van der Waals surface area contributed by atoms with Crippen molar-refractivity contribution in [3.63, 3.8) is 0 Å². The average Bonchev–Trinajstić information content (AvgIpc) is 2.34. The van der Waals surface area contributed by atoms with Crippen molar-refractivity contribution >= 4 is 0 Å². The van der Waals surface area contributed by atoms with E-state index < -0.39 is 0 Å². The Labute approximate surface area is 102 Å². The number of nitrogens with zero attached hydrogens (tertiary/aromatic N) is 2. The average molecular weight is 236 g/mol.